The Bertz CT molecular complexity index is 808. The van der Waals surface area contributed by atoms with E-state index in [1.807, 2.05) is 19.1 Å². The Morgan fingerprint density at radius 2 is 1.55 bits per heavy atom. The number of benzene rings is 1. The average Bonchev–Trinajstić information content (AvgIpc) is 2.79. The molecule has 3 heterocycles. The van der Waals surface area contributed by atoms with E-state index < -0.39 is 0 Å². The average molecular weight is 397 g/mol. The predicted molar refractivity (Wildman–Crippen MR) is 113 cm³/mol. The summed E-state index contributed by atoms with van der Waals surface area (Å²) in [6, 6.07) is 6.92. The van der Waals surface area contributed by atoms with Gasteiger partial charge < -0.3 is 19.6 Å². The van der Waals surface area contributed by atoms with Crippen LogP contribution in [0, 0.1) is 0 Å². The fraction of sp³-hybridized carbons (Fsp3) is 0.500. The van der Waals surface area contributed by atoms with Gasteiger partial charge in [0.1, 0.15) is 5.75 Å². The number of phenolic OH excluding ortho intramolecular Hbond substituents is 1. The maximum Gasteiger partial charge on any atom is 0.250 e. The van der Waals surface area contributed by atoms with E-state index in [2.05, 4.69) is 30.3 Å². The molecule has 0 unspecified atom stereocenters. The van der Waals surface area contributed by atoms with Crippen LogP contribution in [-0.2, 0) is 4.74 Å². The normalized spacial score (nSPS) is 18.0. The molecular weight excluding hydrogens is 370 g/mol. The molecule has 0 spiro atoms. The van der Waals surface area contributed by atoms with E-state index in [1.165, 1.54) is 6.42 Å². The second-order valence-electron chi connectivity index (χ2n) is 7.26. The summed E-state index contributed by atoms with van der Waals surface area (Å²) >= 11 is 0. The van der Waals surface area contributed by atoms with Gasteiger partial charge in [0.15, 0.2) is 0 Å². The van der Waals surface area contributed by atoms with E-state index in [0.29, 0.717) is 31.1 Å². The van der Waals surface area contributed by atoms with Crippen LogP contribution < -0.4 is 15.2 Å². The Hall–Kier alpha value is -2.94. The molecule has 2 aliphatic rings. The highest BCUT2D eigenvalue weighted by molar-refractivity contribution is 5.99. The molecule has 29 heavy (non-hydrogen) atoms. The molecule has 1 aromatic carbocycles. The second-order valence-corrected chi connectivity index (χ2v) is 7.26. The third-order valence-corrected chi connectivity index (χ3v) is 5.15. The lowest BCUT2D eigenvalue weighted by Gasteiger charge is -2.30. The monoisotopic (exact) mass is 397 g/mol. The Morgan fingerprint density at radius 1 is 0.931 bits per heavy atom. The van der Waals surface area contributed by atoms with E-state index in [-0.39, 0.29) is 5.75 Å². The lowest BCUT2D eigenvalue weighted by Crippen LogP contribution is -2.38. The highest BCUT2D eigenvalue weighted by Gasteiger charge is 2.20. The molecule has 2 aliphatic heterocycles. The summed E-state index contributed by atoms with van der Waals surface area (Å²) in [4.78, 5) is 18.3. The van der Waals surface area contributed by atoms with E-state index in [0.717, 1.165) is 50.3 Å². The first-order valence-electron chi connectivity index (χ1n) is 10.1. The zero-order chi connectivity index (χ0) is 20.1. The van der Waals surface area contributed by atoms with Crippen LogP contribution in [0.1, 0.15) is 31.7 Å². The minimum Gasteiger partial charge on any atom is -0.508 e. The fourth-order valence-electron chi connectivity index (χ4n) is 3.45. The van der Waals surface area contributed by atoms with Gasteiger partial charge in [-0.25, -0.2) is 5.43 Å². The zero-order valence-electron chi connectivity index (χ0n) is 16.7. The van der Waals surface area contributed by atoms with Gasteiger partial charge in [0.2, 0.25) is 17.8 Å². The molecule has 2 fully saturated rings. The first-order valence-corrected chi connectivity index (χ1v) is 10.1. The number of morpholine rings is 1. The molecular formula is C20H27N7O2. The quantitative estimate of drug-likeness (QED) is 0.585. The van der Waals surface area contributed by atoms with Crippen molar-refractivity contribution in [3.05, 3.63) is 29.8 Å². The maximum absolute atomic E-state index is 9.45. The highest BCUT2D eigenvalue weighted by atomic mass is 16.5. The van der Waals surface area contributed by atoms with E-state index in [4.69, 9.17) is 9.72 Å². The van der Waals surface area contributed by atoms with E-state index >= 15 is 0 Å². The van der Waals surface area contributed by atoms with Crippen molar-refractivity contribution in [2.75, 3.05) is 54.6 Å². The minimum atomic E-state index is 0.230. The highest BCUT2D eigenvalue weighted by Crippen LogP contribution is 2.21. The Morgan fingerprint density at radius 3 is 2.21 bits per heavy atom. The number of aromatic nitrogens is 3. The fourth-order valence-corrected chi connectivity index (χ4v) is 3.45. The van der Waals surface area contributed by atoms with Crippen molar-refractivity contribution in [1.29, 1.82) is 0 Å². The van der Waals surface area contributed by atoms with Crippen LogP contribution in [0.2, 0.25) is 0 Å². The van der Waals surface area contributed by atoms with Gasteiger partial charge >= 0.3 is 0 Å². The predicted octanol–water partition coefficient (Wildman–Crippen LogP) is 2.24. The summed E-state index contributed by atoms with van der Waals surface area (Å²) in [5, 5.41) is 13.9. The number of nitrogens with one attached hydrogen (secondary N) is 1. The van der Waals surface area contributed by atoms with Gasteiger partial charge in [-0.05, 0) is 56.0 Å². The van der Waals surface area contributed by atoms with Crippen molar-refractivity contribution < 1.29 is 9.84 Å². The van der Waals surface area contributed by atoms with Crippen LogP contribution in [0.3, 0.4) is 0 Å². The standard InChI is InChI=1S/C20H27N7O2/c1-15(16-5-7-17(28)8-6-16)24-25-18-21-19(26-9-3-2-4-10-26)23-20(22-18)27-11-13-29-14-12-27/h5-8,28H,2-4,9-14H2,1H3,(H,21,22,23,25)/b24-15-. The summed E-state index contributed by atoms with van der Waals surface area (Å²) in [6.07, 6.45) is 3.55. The maximum atomic E-state index is 9.45. The lowest BCUT2D eigenvalue weighted by atomic mass is 10.1. The molecule has 0 radical (unpaired) electrons. The number of hydrazone groups is 1. The molecule has 0 saturated carbocycles. The zero-order valence-corrected chi connectivity index (χ0v) is 16.7. The summed E-state index contributed by atoms with van der Waals surface area (Å²) < 4.78 is 5.46. The van der Waals surface area contributed by atoms with Crippen molar-refractivity contribution in [3.8, 4) is 5.75 Å². The SMILES string of the molecule is C/C(=N/Nc1nc(N2CCCCC2)nc(N2CCOCC2)n1)c1ccc(O)cc1. The molecule has 9 heteroatoms. The number of hydrogen-bond acceptors (Lipinski definition) is 9. The van der Waals surface area contributed by atoms with Crippen molar-refractivity contribution in [2.45, 2.75) is 26.2 Å². The van der Waals surface area contributed by atoms with Crippen LogP contribution in [0.15, 0.2) is 29.4 Å². The number of hydrogen-bond donors (Lipinski definition) is 2. The Balaban J connectivity index is 1.58. The van der Waals surface area contributed by atoms with Gasteiger partial charge in [0, 0.05) is 26.2 Å². The van der Waals surface area contributed by atoms with Gasteiger partial charge in [-0.1, -0.05) is 0 Å². The molecule has 154 valence electrons. The summed E-state index contributed by atoms with van der Waals surface area (Å²) in [7, 11) is 0. The summed E-state index contributed by atoms with van der Waals surface area (Å²) in [5.74, 6) is 2.01. The molecule has 2 saturated heterocycles. The third-order valence-electron chi connectivity index (χ3n) is 5.15. The van der Waals surface area contributed by atoms with Gasteiger partial charge in [-0.15, -0.1) is 0 Å². The first kappa shape index (κ1) is 19.4. The number of anilines is 3. The largest absolute Gasteiger partial charge is 0.508 e. The molecule has 4 rings (SSSR count). The molecule has 9 nitrogen and oxygen atoms in total. The van der Waals surface area contributed by atoms with Gasteiger partial charge in [-0.3, -0.25) is 0 Å². The Kier molecular flexibility index (Phi) is 6.04. The number of aromatic hydroxyl groups is 1. The van der Waals surface area contributed by atoms with E-state index in [1.54, 1.807) is 12.1 Å². The number of ether oxygens (including phenoxy) is 1. The van der Waals surface area contributed by atoms with Crippen LogP contribution in [-0.4, -0.2) is 65.2 Å². The van der Waals surface area contributed by atoms with Crippen molar-refractivity contribution in [3.63, 3.8) is 0 Å². The van der Waals surface area contributed by atoms with Crippen LogP contribution in [0.5, 0.6) is 5.75 Å². The van der Waals surface area contributed by atoms with Crippen molar-refractivity contribution in [1.82, 2.24) is 15.0 Å². The van der Waals surface area contributed by atoms with Crippen LogP contribution in [0.4, 0.5) is 17.8 Å². The molecule has 1 aromatic heterocycles. The summed E-state index contributed by atoms with van der Waals surface area (Å²) in [6.45, 7) is 6.69. The molecule has 2 aromatic rings. The van der Waals surface area contributed by atoms with Gasteiger partial charge in [0.25, 0.3) is 0 Å². The molecule has 0 atom stereocenters. The minimum absolute atomic E-state index is 0.230. The van der Waals surface area contributed by atoms with Crippen LogP contribution >= 0.6 is 0 Å². The van der Waals surface area contributed by atoms with Crippen molar-refractivity contribution >= 4 is 23.6 Å². The molecule has 0 amide bonds. The molecule has 0 aliphatic carbocycles. The number of nitrogens with zero attached hydrogens (tertiary/aromatic N) is 6. The smallest absolute Gasteiger partial charge is 0.250 e. The van der Waals surface area contributed by atoms with Gasteiger partial charge in [-0.2, -0.15) is 20.1 Å². The molecule has 2 N–H and O–H groups in total. The van der Waals surface area contributed by atoms with E-state index in [9.17, 15) is 5.11 Å². The van der Waals surface area contributed by atoms with Gasteiger partial charge in [0.05, 0.1) is 18.9 Å². The van der Waals surface area contributed by atoms with Crippen LogP contribution in [0.25, 0.3) is 0 Å². The first-order chi connectivity index (χ1) is 14.2. The lowest BCUT2D eigenvalue weighted by molar-refractivity contribution is 0.122. The summed E-state index contributed by atoms with van der Waals surface area (Å²) in [5.41, 5.74) is 4.68. The third kappa shape index (κ3) is 4.92. The van der Waals surface area contributed by atoms with Crippen molar-refractivity contribution in [2.24, 2.45) is 5.10 Å². The number of rotatable bonds is 5. The second kappa shape index (κ2) is 9.04. The Labute approximate surface area is 170 Å². The number of phenols is 1. The molecule has 0 bridgehead atoms. The number of piperidine rings is 1. The topological polar surface area (TPSA) is 99.0 Å².